The van der Waals surface area contributed by atoms with Crippen LogP contribution in [0.3, 0.4) is 0 Å². The molecule has 0 radical (unpaired) electrons. The van der Waals surface area contributed by atoms with Gasteiger partial charge in [-0.05, 0) is 6.42 Å². The molecule has 0 aliphatic rings. The Kier molecular flexibility index (Phi) is 6.60. The minimum Gasteiger partial charge on any atom is -0.370 e. The first-order valence-corrected chi connectivity index (χ1v) is 6.31. The zero-order valence-corrected chi connectivity index (χ0v) is 11.4. The second-order valence-corrected chi connectivity index (χ2v) is 4.17. The van der Waals surface area contributed by atoms with Gasteiger partial charge in [0.2, 0.25) is 0 Å². The highest BCUT2D eigenvalue weighted by molar-refractivity contribution is 5.47. The molecule has 9 heteroatoms. The molecule has 0 spiro atoms. The van der Waals surface area contributed by atoms with E-state index in [-0.39, 0.29) is 24.8 Å². The Labute approximate surface area is 118 Å². The molecule has 1 aromatic rings. The van der Waals surface area contributed by atoms with Gasteiger partial charge in [0.15, 0.2) is 23.3 Å². The van der Waals surface area contributed by atoms with Gasteiger partial charge < -0.3 is 15.4 Å². The van der Waals surface area contributed by atoms with Gasteiger partial charge in [-0.25, -0.2) is 13.8 Å². The SMILES string of the molecule is CCCNc1nc(NCCOCC(F)(F)F)c(F)cc1F. The van der Waals surface area contributed by atoms with Crippen molar-refractivity contribution in [1.29, 1.82) is 0 Å². The van der Waals surface area contributed by atoms with Crippen LogP contribution in [0.15, 0.2) is 6.07 Å². The molecule has 0 aromatic carbocycles. The zero-order valence-electron chi connectivity index (χ0n) is 11.4. The number of halogens is 5. The smallest absolute Gasteiger partial charge is 0.370 e. The second-order valence-electron chi connectivity index (χ2n) is 4.17. The highest BCUT2D eigenvalue weighted by Crippen LogP contribution is 2.19. The number of rotatable bonds is 8. The van der Waals surface area contributed by atoms with E-state index < -0.39 is 24.4 Å². The van der Waals surface area contributed by atoms with Crippen LogP contribution in [0.2, 0.25) is 0 Å². The summed E-state index contributed by atoms with van der Waals surface area (Å²) in [7, 11) is 0. The molecule has 1 heterocycles. The molecule has 1 aromatic heterocycles. The number of nitrogens with one attached hydrogen (secondary N) is 2. The molecule has 0 saturated heterocycles. The summed E-state index contributed by atoms with van der Waals surface area (Å²) in [6.45, 7) is 0.584. The molecule has 21 heavy (non-hydrogen) atoms. The Morgan fingerprint density at radius 3 is 2.19 bits per heavy atom. The molecule has 120 valence electrons. The molecule has 1 rings (SSSR count). The topological polar surface area (TPSA) is 46.2 Å². The Morgan fingerprint density at radius 2 is 1.67 bits per heavy atom. The van der Waals surface area contributed by atoms with Gasteiger partial charge in [-0.3, -0.25) is 0 Å². The summed E-state index contributed by atoms with van der Waals surface area (Å²) in [5.74, 6) is -2.12. The fraction of sp³-hybridized carbons (Fsp3) is 0.583. The largest absolute Gasteiger partial charge is 0.411 e. The molecule has 2 N–H and O–H groups in total. The van der Waals surface area contributed by atoms with E-state index in [0.29, 0.717) is 12.6 Å². The van der Waals surface area contributed by atoms with Crippen molar-refractivity contribution in [2.45, 2.75) is 19.5 Å². The number of ether oxygens (including phenoxy) is 1. The van der Waals surface area contributed by atoms with Crippen LogP contribution >= 0.6 is 0 Å². The number of anilines is 2. The summed E-state index contributed by atoms with van der Waals surface area (Å²) in [6, 6.07) is 0.657. The van der Waals surface area contributed by atoms with Crippen LogP contribution in [0.4, 0.5) is 33.6 Å². The van der Waals surface area contributed by atoms with Crippen LogP contribution < -0.4 is 10.6 Å². The highest BCUT2D eigenvalue weighted by atomic mass is 19.4. The molecular formula is C12H16F5N3O. The van der Waals surface area contributed by atoms with Crippen LogP contribution in [-0.4, -0.2) is 37.5 Å². The number of hydrogen-bond donors (Lipinski definition) is 2. The van der Waals surface area contributed by atoms with Gasteiger partial charge >= 0.3 is 6.18 Å². The second kappa shape index (κ2) is 7.96. The maximum absolute atomic E-state index is 13.4. The van der Waals surface area contributed by atoms with Crippen molar-refractivity contribution >= 4 is 11.6 Å². The summed E-state index contributed by atoms with van der Waals surface area (Å²) < 4.78 is 66.6. The molecular weight excluding hydrogens is 297 g/mol. The Hall–Kier alpha value is -1.64. The van der Waals surface area contributed by atoms with Crippen molar-refractivity contribution in [3.8, 4) is 0 Å². The lowest BCUT2D eigenvalue weighted by atomic mass is 10.3. The van der Waals surface area contributed by atoms with E-state index in [2.05, 4.69) is 20.4 Å². The molecule has 0 aliphatic carbocycles. The minimum absolute atomic E-state index is 0.0845. The lowest BCUT2D eigenvalue weighted by molar-refractivity contribution is -0.172. The van der Waals surface area contributed by atoms with Crippen molar-refractivity contribution < 1.29 is 26.7 Å². The predicted octanol–water partition coefficient (Wildman–Crippen LogP) is 3.17. The van der Waals surface area contributed by atoms with Crippen molar-refractivity contribution in [3.05, 3.63) is 17.7 Å². The Morgan fingerprint density at radius 1 is 1.10 bits per heavy atom. The van der Waals surface area contributed by atoms with E-state index in [4.69, 9.17) is 0 Å². The van der Waals surface area contributed by atoms with Crippen LogP contribution in [0.25, 0.3) is 0 Å². The van der Waals surface area contributed by atoms with Crippen LogP contribution in [0.5, 0.6) is 0 Å². The standard InChI is InChI=1S/C12H16F5N3O/c1-2-3-18-10-8(13)6-9(14)11(20-10)19-4-5-21-7-12(15,16)17/h6H,2-5,7H2,1H3,(H2,18,19,20). The van der Waals surface area contributed by atoms with E-state index in [1.807, 2.05) is 6.92 Å². The van der Waals surface area contributed by atoms with Crippen LogP contribution in [0.1, 0.15) is 13.3 Å². The van der Waals surface area contributed by atoms with E-state index in [1.54, 1.807) is 0 Å². The summed E-state index contributed by atoms with van der Waals surface area (Å²) in [5.41, 5.74) is 0. The Balaban J connectivity index is 2.50. The quantitative estimate of drug-likeness (QED) is 0.572. The van der Waals surface area contributed by atoms with Gasteiger partial charge in [0.25, 0.3) is 0 Å². The Bertz CT molecular complexity index is 453. The van der Waals surface area contributed by atoms with Crippen molar-refractivity contribution in [3.63, 3.8) is 0 Å². The van der Waals surface area contributed by atoms with Gasteiger partial charge in [0, 0.05) is 19.2 Å². The maximum atomic E-state index is 13.4. The fourth-order valence-corrected chi connectivity index (χ4v) is 1.39. The molecule has 0 bridgehead atoms. The number of nitrogens with zero attached hydrogens (tertiary/aromatic N) is 1. The van der Waals surface area contributed by atoms with Crippen LogP contribution in [-0.2, 0) is 4.74 Å². The average molecular weight is 313 g/mol. The van der Waals surface area contributed by atoms with Crippen LogP contribution in [0, 0.1) is 11.6 Å². The molecule has 0 atom stereocenters. The van der Waals surface area contributed by atoms with Gasteiger partial charge in [0.1, 0.15) is 6.61 Å². The molecule has 0 amide bonds. The third-order valence-electron chi connectivity index (χ3n) is 2.28. The zero-order chi connectivity index (χ0) is 15.9. The normalized spacial score (nSPS) is 11.5. The lowest BCUT2D eigenvalue weighted by Gasteiger charge is -2.11. The van der Waals surface area contributed by atoms with E-state index in [1.165, 1.54) is 0 Å². The minimum atomic E-state index is -4.41. The molecule has 0 saturated carbocycles. The van der Waals surface area contributed by atoms with E-state index in [0.717, 1.165) is 6.42 Å². The van der Waals surface area contributed by atoms with Gasteiger partial charge in [-0.1, -0.05) is 6.92 Å². The number of hydrogen-bond acceptors (Lipinski definition) is 4. The van der Waals surface area contributed by atoms with E-state index in [9.17, 15) is 22.0 Å². The lowest BCUT2D eigenvalue weighted by Crippen LogP contribution is -2.20. The summed E-state index contributed by atoms with van der Waals surface area (Å²) >= 11 is 0. The molecule has 0 unspecified atom stereocenters. The van der Waals surface area contributed by atoms with Crippen molar-refractivity contribution in [1.82, 2.24) is 4.98 Å². The van der Waals surface area contributed by atoms with Crippen molar-refractivity contribution in [2.75, 3.05) is 36.9 Å². The monoisotopic (exact) mass is 313 g/mol. The summed E-state index contributed by atoms with van der Waals surface area (Å²) in [6.07, 6.45) is -3.68. The van der Waals surface area contributed by atoms with Gasteiger partial charge in [-0.15, -0.1) is 0 Å². The molecule has 0 aliphatic heterocycles. The third kappa shape index (κ3) is 6.56. The van der Waals surface area contributed by atoms with E-state index >= 15 is 0 Å². The third-order valence-corrected chi connectivity index (χ3v) is 2.28. The number of aromatic nitrogens is 1. The number of pyridine rings is 1. The van der Waals surface area contributed by atoms with Crippen molar-refractivity contribution in [2.24, 2.45) is 0 Å². The number of alkyl halides is 3. The first-order chi connectivity index (χ1) is 9.83. The van der Waals surface area contributed by atoms with Gasteiger partial charge in [0.05, 0.1) is 6.61 Å². The summed E-state index contributed by atoms with van der Waals surface area (Å²) in [5, 5.41) is 5.14. The molecule has 4 nitrogen and oxygen atoms in total. The highest BCUT2D eigenvalue weighted by Gasteiger charge is 2.27. The predicted molar refractivity (Wildman–Crippen MR) is 68.3 cm³/mol. The van der Waals surface area contributed by atoms with Gasteiger partial charge in [-0.2, -0.15) is 13.2 Å². The fourth-order valence-electron chi connectivity index (χ4n) is 1.39. The first kappa shape index (κ1) is 17.4. The molecule has 0 fully saturated rings. The summed E-state index contributed by atoms with van der Waals surface area (Å²) in [4.78, 5) is 3.71. The average Bonchev–Trinajstić information content (AvgIpc) is 2.38. The maximum Gasteiger partial charge on any atom is 0.411 e. The first-order valence-electron chi connectivity index (χ1n) is 6.31.